The molecule has 18 heavy (non-hydrogen) atoms. The van der Waals surface area contributed by atoms with Crippen molar-refractivity contribution < 1.29 is 14.6 Å². The summed E-state index contributed by atoms with van der Waals surface area (Å²) in [5.74, 6) is -0.993. The molecule has 2 atom stereocenters. The van der Waals surface area contributed by atoms with E-state index in [2.05, 4.69) is 10.3 Å². The number of carboxylic acid groups (broad SMARTS) is 1. The minimum Gasteiger partial charge on any atom is -0.477 e. The predicted molar refractivity (Wildman–Crippen MR) is 66.5 cm³/mol. The molecule has 0 bridgehead atoms. The Hall–Kier alpha value is -1.46. The zero-order chi connectivity index (χ0) is 13.0. The number of methoxy groups -OCH3 is 1. The molecule has 0 amide bonds. The number of hydrogen-bond donors (Lipinski definition) is 2. The van der Waals surface area contributed by atoms with Crippen LogP contribution in [0.4, 0.5) is 0 Å². The number of carbonyl (C=O) groups is 1. The van der Waals surface area contributed by atoms with Crippen LogP contribution in [0.15, 0.2) is 18.2 Å². The number of ether oxygens (including phenoxy) is 1. The standard InChI is InChI=1S/C13H18N2O3/c1-18-12-7-3-5-10(12)14-8-9-4-2-6-11(15-9)13(16)17/h2,4,6,10,12,14H,3,5,7-8H2,1H3,(H,16,17). The van der Waals surface area contributed by atoms with Crippen LogP contribution in [-0.2, 0) is 11.3 Å². The summed E-state index contributed by atoms with van der Waals surface area (Å²) in [6.07, 6.45) is 3.60. The second-order valence-electron chi connectivity index (χ2n) is 4.51. The summed E-state index contributed by atoms with van der Waals surface area (Å²) in [6.45, 7) is 0.575. The fourth-order valence-electron chi connectivity index (χ4n) is 2.37. The maximum absolute atomic E-state index is 10.8. The summed E-state index contributed by atoms with van der Waals surface area (Å²) in [4.78, 5) is 14.9. The van der Waals surface area contributed by atoms with E-state index in [4.69, 9.17) is 9.84 Å². The van der Waals surface area contributed by atoms with Gasteiger partial charge in [-0.25, -0.2) is 9.78 Å². The SMILES string of the molecule is COC1CCCC1NCc1cccc(C(=O)O)n1. The number of aromatic nitrogens is 1. The van der Waals surface area contributed by atoms with E-state index in [1.165, 1.54) is 12.5 Å². The third-order valence-electron chi connectivity index (χ3n) is 3.33. The van der Waals surface area contributed by atoms with E-state index >= 15 is 0 Å². The van der Waals surface area contributed by atoms with Gasteiger partial charge in [0.15, 0.2) is 0 Å². The largest absolute Gasteiger partial charge is 0.477 e. The lowest BCUT2D eigenvalue weighted by molar-refractivity contribution is 0.0689. The van der Waals surface area contributed by atoms with Gasteiger partial charge in [-0.2, -0.15) is 0 Å². The molecule has 0 aromatic carbocycles. The molecule has 5 nitrogen and oxygen atoms in total. The minimum atomic E-state index is -0.993. The highest BCUT2D eigenvalue weighted by Crippen LogP contribution is 2.21. The topological polar surface area (TPSA) is 71.5 Å². The molecule has 0 spiro atoms. The molecule has 1 heterocycles. The predicted octanol–water partition coefficient (Wildman–Crippen LogP) is 1.44. The lowest BCUT2D eigenvalue weighted by Crippen LogP contribution is -2.36. The van der Waals surface area contributed by atoms with Gasteiger partial charge in [0.2, 0.25) is 0 Å². The van der Waals surface area contributed by atoms with Gasteiger partial charge in [0.1, 0.15) is 5.69 Å². The Bertz CT molecular complexity index is 422. The van der Waals surface area contributed by atoms with Crippen LogP contribution in [0.25, 0.3) is 0 Å². The highest BCUT2D eigenvalue weighted by atomic mass is 16.5. The van der Waals surface area contributed by atoms with Gasteiger partial charge in [-0.05, 0) is 31.4 Å². The molecule has 1 aliphatic rings. The lowest BCUT2D eigenvalue weighted by atomic mass is 10.2. The first-order chi connectivity index (χ1) is 8.70. The van der Waals surface area contributed by atoms with Crippen LogP contribution in [0, 0.1) is 0 Å². The zero-order valence-corrected chi connectivity index (χ0v) is 10.4. The van der Waals surface area contributed by atoms with Crippen molar-refractivity contribution in [2.45, 2.75) is 38.0 Å². The lowest BCUT2D eigenvalue weighted by Gasteiger charge is -2.19. The Morgan fingerprint density at radius 1 is 1.56 bits per heavy atom. The molecule has 98 valence electrons. The first-order valence-corrected chi connectivity index (χ1v) is 6.16. The third kappa shape index (κ3) is 3.05. The second-order valence-corrected chi connectivity index (χ2v) is 4.51. The van der Waals surface area contributed by atoms with Crippen LogP contribution in [0.2, 0.25) is 0 Å². The third-order valence-corrected chi connectivity index (χ3v) is 3.33. The summed E-state index contributed by atoms with van der Waals surface area (Å²) < 4.78 is 5.40. The smallest absolute Gasteiger partial charge is 0.354 e. The Labute approximate surface area is 106 Å². The molecule has 5 heteroatoms. The van der Waals surface area contributed by atoms with Crippen molar-refractivity contribution in [1.29, 1.82) is 0 Å². The van der Waals surface area contributed by atoms with Crippen molar-refractivity contribution in [3.8, 4) is 0 Å². The molecule has 1 aliphatic carbocycles. The van der Waals surface area contributed by atoms with Gasteiger partial charge in [-0.15, -0.1) is 0 Å². The maximum atomic E-state index is 10.8. The summed E-state index contributed by atoms with van der Waals surface area (Å²) >= 11 is 0. The quantitative estimate of drug-likeness (QED) is 0.827. The van der Waals surface area contributed by atoms with Gasteiger partial charge in [-0.1, -0.05) is 6.07 Å². The number of carboxylic acids is 1. The van der Waals surface area contributed by atoms with Crippen molar-refractivity contribution >= 4 is 5.97 Å². The van der Waals surface area contributed by atoms with Gasteiger partial charge in [0, 0.05) is 19.7 Å². The summed E-state index contributed by atoms with van der Waals surface area (Å²) in [6, 6.07) is 5.39. The maximum Gasteiger partial charge on any atom is 0.354 e. The molecule has 2 N–H and O–H groups in total. The molecule has 1 aromatic rings. The highest BCUT2D eigenvalue weighted by Gasteiger charge is 2.26. The van der Waals surface area contributed by atoms with Gasteiger partial charge < -0.3 is 15.2 Å². The molecular weight excluding hydrogens is 232 g/mol. The Morgan fingerprint density at radius 3 is 3.11 bits per heavy atom. The van der Waals surface area contributed by atoms with Crippen molar-refractivity contribution in [2.75, 3.05) is 7.11 Å². The summed E-state index contributed by atoms with van der Waals surface area (Å²) in [7, 11) is 1.73. The Kier molecular flexibility index (Phi) is 4.28. The fraction of sp³-hybridized carbons (Fsp3) is 0.538. The van der Waals surface area contributed by atoms with Crippen LogP contribution < -0.4 is 5.32 Å². The molecule has 0 aliphatic heterocycles. The summed E-state index contributed by atoms with van der Waals surface area (Å²) in [5, 5.41) is 12.3. The highest BCUT2D eigenvalue weighted by molar-refractivity contribution is 5.85. The monoisotopic (exact) mass is 250 g/mol. The normalized spacial score (nSPS) is 23.2. The molecular formula is C13H18N2O3. The average Bonchev–Trinajstić information content (AvgIpc) is 2.84. The van der Waals surface area contributed by atoms with Gasteiger partial charge in [0.25, 0.3) is 0 Å². The van der Waals surface area contributed by atoms with Crippen LogP contribution in [-0.4, -0.2) is 35.3 Å². The zero-order valence-electron chi connectivity index (χ0n) is 10.4. The second kappa shape index (κ2) is 5.93. The summed E-state index contributed by atoms with van der Waals surface area (Å²) in [5.41, 5.74) is 0.834. The number of nitrogens with zero attached hydrogens (tertiary/aromatic N) is 1. The molecule has 1 saturated carbocycles. The molecule has 2 rings (SSSR count). The van der Waals surface area contributed by atoms with E-state index in [0.29, 0.717) is 12.6 Å². The minimum absolute atomic E-state index is 0.0870. The van der Waals surface area contributed by atoms with E-state index in [1.807, 2.05) is 6.07 Å². The van der Waals surface area contributed by atoms with E-state index in [1.54, 1.807) is 13.2 Å². The Morgan fingerprint density at radius 2 is 2.39 bits per heavy atom. The molecule has 1 fully saturated rings. The van der Waals surface area contributed by atoms with Crippen LogP contribution in [0.1, 0.15) is 35.4 Å². The molecule has 1 aromatic heterocycles. The van der Waals surface area contributed by atoms with Crippen LogP contribution >= 0.6 is 0 Å². The van der Waals surface area contributed by atoms with E-state index in [9.17, 15) is 4.79 Å². The van der Waals surface area contributed by atoms with Crippen molar-refractivity contribution in [2.24, 2.45) is 0 Å². The fourth-order valence-corrected chi connectivity index (χ4v) is 2.37. The average molecular weight is 250 g/mol. The first-order valence-electron chi connectivity index (χ1n) is 6.16. The number of pyridine rings is 1. The number of rotatable bonds is 5. The van der Waals surface area contributed by atoms with E-state index < -0.39 is 5.97 Å². The molecule has 0 radical (unpaired) electrons. The van der Waals surface area contributed by atoms with Crippen molar-refractivity contribution in [3.05, 3.63) is 29.6 Å². The van der Waals surface area contributed by atoms with Gasteiger partial charge in [0.05, 0.1) is 11.8 Å². The van der Waals surface area contributed by atoms with Crippen molar-refractivity contribution in [1.82, 2.24) is 10.3 Å². The van der Waals surface area contributed by atoms with Gasteiger partial charge in [-0.3, -0.25) is 0 Å². The molecule has 2 unspecified atom stereocenters. The Balaban J connectivity index is 1.93. The number of nitrogens with one attached hydrogen (secondary N) is 1. The van der Waals surface area contributed by atoms with Crippen LogP contribution in [0.5, 0.6) is 0 Å². The first kappa shape index (κ1) is 13.0. The van der Waals surface area contributed by atoms with E-state index in [0.717, 1.165) is 18.5 Å². The van der Waals surface area contributed by atoms with E-state index in [-0.39, 0.29) is 11.8 Å². The van der Waals surface area contributed by atoms with Crippen molar-refractivity contribution in [3.63, 3.8) is 0 Å². The molecule has 0 saturated heterocycles. The number of aromatic carboxylic acids is 1. The van der Waals surface area contributed by atoms with Crippen LogP contribution in [0.3, 0.4) is 0 Å². The number of hydrogen-bond acceptors (Lipinski definition) is 4. The van der Waals surface area contributed by atoms with Gasteiger partial charge >= 0.3 is 5.97 Å².